The van der Waals surface area contributed by atoms with Crippen LogP contribution in [-0.4, -0.2) is 22.9 Å². The van der Waals surface area contributed by atoms with Crippen LogP contribution in [0.4, 0.5) is 0 Å². The molecule has 77 valence electrons. The van der Waals surface area contributed by atoms with Gasteiger partial charge >= 0.3 is 0 Å². The second-order valence-electron chi connectivity index (χ2n) is 2.84. The van der Waals surface area contributed by atoms with Crippen LogP contribution >= 0.6 is 0 Å². The summed E-state index contributed by atoms with van der Waals surface area (Å²) in [5.41, 5.74) is 8.64. The smallest absolute Gasteiger partial charge is 0.105 e. The molecule has 0 spiro atoms. The van der Waals surface area contributed by atoms with Gasteiger partial charge in [-0.2, -0.15) is 0 Å². The maximum atomic E-state index is 9.58. The average Bonchev–Trinajstić information content (AvgIpc) is 2.26. The van der Waals surface area contributed by atoms with Crippen LogP contribution in [0.3, 0.4) is 0 Å². The van der Waals surface area contributed by atoms with Crippen LogP contribution in [-0.2, 0) is 32.7 Å². The summed E-state index contributed by atoms with van der Waals surface area (Å²) in [6, 6.07) is 8.74. The minimum Gasteiger partial charge on any atom is -0.390 e. The molecule has 0 heterocycles. The third kappa shape index (κ3) is 4.73. The van der Waals surface area contributed by atoms with Crippen LogP contribution in [0.25, 0.3) is 10.4 Å². The van der Waals surface area contributed by atoms with E-state index in [9.17, 15) is 10.2 Å². The SMILES string of the molecule is [N-]=[N+]=NC[C@@H](O)[C@@H](O)c1ccccc1.[Y]. The molecule has 15 heavy (non-hydrogen) atoms. The number of nitrogens with zero attached hydrogens (tertiary/aromatic N) is 3. The van der Waals surface area contributed by atoms with Gasteiger partial charge in [-0.1, -0.05) is 35.4 Å². The summed E-state index contributed by atoms with van der Waals surface area (Å²) in [6.07, 6.45) is -2.07. The maximum absolute atomic E-state index is 9.58. The van der Waals surface area contributed by atoms with Gasteiger partial charge in [0.25, 0.3) is 0 Å². The van der Waals surface area contributed by atoms with E-state index in [4.69, 9.17) is 5.53 Å². The quantitative estimate of drug-likeness (QED) is 0.496. The molecule has 0 bridgehead atoms. The number of aliphatic hydroxyl groups excluding tert-OH is 2. The second kappa shape index (κ2) is 7.80. The molecule has 0 aliphatic heterocycles. The van der Waals surface area contributed by atoms with Gasteiger partial charge in [0.2, 0.25) is 0 Å². The third-order valence-corrected chi connectivity index (χ3v) is 1.84. The maximum Gasteiger partial charge on any atom is 0.105 e. The largest absolute Gasteiger partial charge is 0.390 e. The molecule has 6 heteroatoms. The zero-order valence-corrected chi connectivity index (χ0v) is 10.9. The topological polar surface area (TPSA) is 89.2 Å². The minimum atomic E-state index is -1.06. The number of benzene rings is 1. The van der Waals surface area contributed by atoms with Crippen LogP contribution in [0, 0.1) is 0 Å². The van der Waals surface area contributed by atoms with Gasteiger partial charge in [-0.3, -0.25) is 0 Å². The Balaban J connectivity index is 0.00000196. The Morgan fingerprint density at radius 2 is 1.87 bits per heavy atom. The van der Waals surface area contributed by atoms with E-state index in [-0.39, 0.29) is 39.3 Å². The Labute approximate surface area is 113 Å². The van der Waals surface area contributed by atoms with E-state index >= 15 is 0 Å². The Hall–Kier alpha value is -0.446. The Bertz CT molecular complexity index is 327. The van der Waals surface area contributed by atoms with E-state index in [1.54, 1.807) is 24.3 Å². The van der Waals surface area contributed by atoms with Crippen LogP contribution in [0.1, 0.15) is 11.7 Å². The molecule has 1 aromatic rings. The van der Waals surface area contributed by atoms with Crippen molar-refractivity contribution in [2.24, 2.45) is 5.11 Å². The molecule has 0 saturated carbocycles. The van der Waals surface area contributed by atoms with Gasteiger partial charge in [-0.05, 0) is 11.1 Å². The third-order valence-electron chi connectivity index (χ3n) is 1.84. The van der Waals surface area contributed by atoms with E-state index in [0.717, 1.165) is 0 Å². The molecule has 1 rings (SSSR count). The molecular weight excluding hydrogens is 271 g/mol. The first-order valence-electron chi connectivity index (χ1n) is 4.17. The normalized spacial score (nSPS) is 13.2. The number of hydrogen-bond donors (Lipinski definition) is 2. The summed E-state index contributed by atoms with van der Waals surface area (Å²) >= 11 is 0. The Morgan fingerprint density at radius 3 is 2.40 bits per heavy atom. The van der Waals surface area contributed by atoms with Gasteiger partial charge in [0.15, 0.2) is 0 Å². The van der Waals surface area contributed by atoms with E-state index in [2.05, 4.69) is 10.0 Å². The summed E-state index contributed by atoms with van der Waals surface area (Å²) in [7, 11) is 0. The molecule has 1 aromatic carbocycles. The number of rotatable bonds is 4. The Morgan fingerprint density at radius 1 is 1.27 bits per heavy atom. The number of aliphatic hydroxyl groups is 2. The van der Waals surface area contributed by atoms with Gasteiger partial charge < -0.3 is 10.2 Å². The standard InChI is InChI=1S/C9H11N3O2.Y/c10-12-11-6-8(13)9(14)7-4-2-1-3-5-7;/h1-5,8-9,13-14H,6H2;/t8-,9+;/m1./s1. The van der Waals surface area contributed by atoms with Gasteiger partial charge in [0, 0.05) is 37.6 Å². The van der Waals surface area contributed by atoms with Gasteiger partial charge in [-0.25, -0.2) is 0 Å². The first-order valence-corrected chi connectivity index (χ1v) is 4.17. The van der Waals surface area contributed by atoms with Gasteiger partial charge in [0.1, 0.15) is 6.10 Å². The second-order valence-corrected chi connectivity index (χ2v) is 2.84. The van der Waals surface area contributed by atoms with Crippen molar-refractivity contribution in [3.8, 4) is 0 Å². The minimum absolute atomic E-state index is 0. The molecule has 1 radical (unpaired) electrons. The summed E-state index contributed by atoms with van der Waals surface area (Å²) in [5, 5.41) is 22.2. The molecular formula is C9H11N3O2Y. The van der Waals surface area contributed by atoms with Gasteiger partial charge in [-0.15, -0.1) is 0 Å². The van der Waals surface area contributed by atoms with E-state index < -0.39 is 12.2 Å². The molecule has 0 aliphatic rings. The summed E-state index contributed by atoms with van der Waals surface area (Å²) in [6.45, 7) is -0.132. The first kappa shape index (κ1) is 14.6. The van der Waals surface area contributed by atoms with Crippen molar-refractivity contribution < 1.29 is 42.9 Å². The molecule has 2 atom stereocenters. The summed E-state index contributed by atoms with van der Waals surface area (Å²) < 4.78 is 0. The number of hydrogen-bond acceptors (Lipinski definition) is 3. The summed E-state index contributed by atoms with van der Waals surface area (Å²) in [4.78, 5) is 2.51. The first-order chi connectivity index (χ1) is 6.75. The van der Waals surface area contributed by atoms with E-state index in [0.29, 0.717) is 5.56 Å². The molecule has 0 saturated heterocycles. The van der Waals surface area contributed by atoms with Crippen molar-refractivity contribution >= 4 is 0 Å². The molecule has 5 nitrogen and oxygen atoms in total. The fourth-order valence-electron chi connectivity index (χ4n) is 1.09. The molecule has 0 aromatic heterocycles. The van der Waals surface area contributed by atoms with Crippen LogP contribution in [0.5, 0.6) is 0 Å². The predicted molar refractivity (Wildman–Crippen MR) is 51.4 cm³/mol. The van der Waals surface area contributed by atoms with Crippen LogP contribution < -0.4 is 0 Å². The molecule has 0 aliphatic carbocycles. The monoisotopic (exact) mass is 282 g/mol. The van der Waals surface area contributed by atoms with E-state index in [1.807, 2.05) is 6.07 Å². The van der Waals surface area contributed by atoms with Crippen molar-refractivity contribution in [3.05, 3.63) is 46.3 Å². The van der Waals surface area contributed by atoms with Crippen molar-refractivity contribution in [1.82, 2.24) is 0 Å². The Kier molecular flexibility index (Phi) is 7.56. The molecule has 0 fully saturated rings. The zero-order valence-electron chi connectivity index (χ0n) is 8.06. The molecule has 0 amide bonds. The number of azide groups is 1. The van der Waals surface area contributed by atoms with Crippen molar-refractivity contribution in [2.75, 3.05) is 6.54 Å². The zero-order chi connectivity index (χ0) is 10.4. The fraction of sp³-hybridized carbons (Fsp3) is 0.333. The van der Waals surface area contributed by atoms with Crippen molar-refractivity contribution in [3.63, 3.8) is 0 Å². The van der Waals surface area contributed by atoms with Crippen molar-refractivity contribution in [1.29, 1.82) is 0 Å². The fourth-order valence-corrected chi connectivity index (χ4v) is 1.09. The molecule has 0 unspecified atom stereocenters. The van der Waals surface area contributed by atoms with Crippen LogP contribution in [0.15, 0.2) is 35.4 Å². The predicted octanol–water partition coefficient (Wildman–Crippen LogP) is 1.39. The summed E-state index contributed by atoms with van der Waals surface area (Å²) in [5.74, 6) is 0. The van der Waals surface area contributed by atoms with E-state index in [1.165, 1.54) is 0 Å². The van der Waals surface area contributed by atoms with Crippen molar-refractivity contribution in [2.45, 2.75) is 12.2 Å². The van der Waals surface area contributed by atoms with Crippen LogP contribution in [0.2, 0.25) is 0 Å². The molecule has 2 N–H and O–H groups in total. The average molecular weight is 282 g/mol. The van der Waals surface area contributed by atoms with Gasteiger partial charge in [0.05, 0.1) is 12.6 Å².